The fourth-order valence-electron chi connectivity index (χ4n) is 3.05. The van der Waals surface area contributed by atoms with E-state index >= 15 is 0 Å². The molecule has 0 radical (unpaired) electrons. The molecule has 1 aliphatic rings. The summed E-state index contributed by atoms with van der Waals surface area (Å²) in [6, 6.07) is 6.25. The lowest BCUT2D eigenvalue weighted by molar-refractivity contribution is -0.141. The van der Waals surface area contributed by atoms with Gasteiger partial charge in [0.2, 0.25) is 0 Å². The minimum Gasteiger partial charge on any atom is -0.481 e. The van der Waals surface area contributed by atoms with Crippen LogP contribution in [0.2, 0.25) is 0 Å². The second kappa shape index (κ2) is 6.60. The average Bonchev–Trinajstić information content (AvgIpc) is 3.25. The van der Waals surface area contributed by atoms with E-state index in [1.807, 2.05) is 0 Å². The predicted octanol–water partition coefficient (Wildman–Crippen LogP) is 2.70. The van der Waals surface area contributed by atoms with Crippen molar-refractivity contribution in [1.29, 1.82) is 0 Å². The Morgan fingerprint density at radius 2 is 2.00 bits per heavy atom. The fourth-order valence-corrected chi connectivity index (χ4v) is 3.05. The van der Waals surface area contributed by atoms with Crippen LogP contribution < -0.4 is 5.32 Å². The number of hydrogen-bond donors (Lipinski definition) is 2. The Balaban J connectivity index is 1.94. The number of benzene rings is 1. The number of rotatable bonds is 6. The summed E-state index contributed by atoms with van der Waals surface area (Å²) >= 11 is 0. The summed E-state index contributed by atoms with van der Waals surface area (Å²) in [5.74, 6) is -1.46. The van der Waals surface area contributed by atoms with E-state index in [1.54, 1.807) is 14.0 Å². The van der Waals surface area contributed by atoms with Gasteiger partial charge in [-0.2, -0.15) is 0 Å². The molecule has 1 fully saturated rings. The molecule has 1 unspecified atom stereocenters. The molecule has 2 N–H and O–H groups in total. The van der Waals surface area contributed by atoms with E-state index < -0.39 is 11.9 Å². The van der Waals surface area contributed by atoms with Gasteiger partial charge in [-0.15, -0.1) is 0 Å². The topological polar surface area (TPSA) is 69.6 Å². The second-order valence-electron chi connectivity index (χ2n) is 6.88. The normalized spacial score (nSPS) is 16.5. The summed E-state index contributed by atoms with van der Waals surface area (Å²) in [6.45, 7) is 6.60. The molecular weight excluding hydrogens is 292 g/mol. The molecule has 0 heterocycles. The van der Waals surface area contributed by atoms with Gasteiger partial charge < -0.3 is 15.3 Å². The van der Waals surface area contributed by atoms with Gasteiger partial charge in [0.1, 0.15) is 0 Å². The molecule has 0 aromatic heterocycles. The standard InChI is InChI=1S/C18H26N2O3/c1-12-5-6-15(13(2)9-12)18(7-8-18)11-19-17(23)20(4)10-14(3)16(21)22/h5-6,9,14H,7-8,10-11H2,1-4H3,(H,19,23)(H,21,22). The van der Waals surface area contributed by atoms with Crippen LogP contribution in [0.1, 0.15) is 36.5 Å². The zero-order valence-electron chi connectivity index (χ0n) is 14.3. The molecule has 1 aromatic carbocycles. The van der Waals surface area contributed by atoms with Crippen LogP contribution in [0.5, 0.6) is 0 Å². The lowest BCUT2D eigenvalue weighted by Crippen LogP contribution is -2.43. The summed E-state index contributed by atoms with van der Waals surface area (Å²) in [4.78, 5) is 24.5. The van der Waals surface area contributed by atoms with Crippen LogP contribution in [0.4, 0.5) is 4.79 Å². The Bertz CT molecular complexity index is 608. The van der Waals surface area contributed by atoms with E-state index in [9.17, 15) is 9.59 Å². The Morgan fingerprint density at radius 3 is 2.52 bits per heavy atom. The molecule has 0 saturated heterocycles. The number of carbonyl (C=O) groups excluding carboxylic acids is 1. The maximum atomic E-state index is 12.2. The van der Waals surface area contributed by atoms with E-state index in [1.165, 1.54) is 21.6 Å². The van der Waals surface area contributed by atoms with Gasteiger partial charge in [0.25, 0.3) is 0 Å². The highest BCUT2D eigenvalue weighted by atomic mass is 16.4. The van der Waals surface area contributed by atoms with Crippen molar-refractivity contribution in [2.45, 2.75) is 39.0 Å². The number of carboxylic acid groups (broad SMARTS) is 1. The van der Waals surface area contributed by atoms with Crippen LogP contribution in [0.25, 0.3) is 0 Å². The first kappa shape index (κ1) is 17.3. The van der Waals surface area contributed by atoms with Crippen LogP contribution >= 0.6 is 0 Å². The van der Waals surface area contributed by atoms with Crippen LogP contribution in [-0.2, 0) is 10.2 Å². The SMILES string of the molecule is Cc1ccc(C2(CNC(=O)N(C)CC(C)C(=O)O)CC2)c(C)c1. The molecule has 5 heteroatoms. The largest absolute Gasteiger partial charge is 0.481 e. The third-order valence-corrected chi connectivity index (χ3v) is 4.70. The number of nitrogens with one attached hydrogen (secondary N) is 1. The summed E-state index contributed by atoms with van der Waals surface area (Å²) in [7, 11) is 1.63. The number of urea groups is 1. The molecule has 1 atom stereocenters. The number of amides is 2. The maximum absolute atomic E-state index is 12.2. The highest BCUT2D eigenvalue weighted by molar-refractivity contribution is 5.76. The van der Waals surface area contributed by atoms with Crippen molar-refractivity contribution in [3.05, 3.63) is 34.9 Å². The second-order valence-corrected chi connectivity index (χ2v) is 6.88. The van der Waals surface area contributed by atoms with E-state index in [0.29, 0.717) is 6.54 Å². The molecular formula is C18H26N2O3. The molecule has 126 valence electrons. The molecule has 0 spiro atoms. The number of hydrogen-bond acceptors (Lipinski definition) is 2. The van der Waals surface area contributed by atoms with Crippen molar-refractivity contribution in [2.24, 2.45) is 5.92 Å². The Kier molecular flexibility index (Phi) is 4.97. The number of carbonyl (C=O) groups is 2. The van der Waals surface area contributed by atoms with E-state index in [4.69, 9.17) is 5.11 Å². The first-order valence-electron chi connectivity index (χ1n) is 8.05. The van der Waals surface area contributed by atoms with E-state index in [0.717, 1.165) is 12.8 Å². The van der Waals surface area contributed by atoms with Crippen LogP contribution in [0, 0.1) is 19.8 Å². The van der Waals surface area contributed by atoms with Gasteiger partial charge in [0.05, 0.1) is 5.92 Å². The molecule has 1 saturated carbocycles. The third kappa shape index (κ3) is 4.03. The number of carboxylic acids is 1. The minimum absolute atomic E-state index is 0.0483. The van der Waals surface area contributed by atoms with Crippen LogP contribution in [-0.4, -0.2) is 42.1 Å². The number of aryl methyl sites for hydroxylation is 2. The zero-order valence-corrected chi connectivity index (χ0v) is 14.3. The van der Waals surface area contributed by atoms with Gasteiger partial charge in [-0.25, -0.2) is 4.79 Å². The predicted molar refractivity (Wildman–Crippen MR) is 89.7 cm³/mol. The van der Waals surface area contributed by atoms with Crippen LogP contribution in [0.15, 0.2) is 18.2 Å². The van der Waals surface area contributed by atoms with E-state index in [2.05, 4.69) is 37.4 Å². The third-order valence-electron chi connectivity index (χ3n) is 4.70. The van der Waals surface area contributed by atoms with Crippen molar-refractivity contribution in [3.8, 4) is 0 Å². The van der Waals surface area contributed by atoms with Crippen molar-refractivity contribution in [1.82, 2.24) is 10.2 Å². The van der Waals surface area contributed by atoms with Gasteiger partial charge in [-0.1, -0.05) is 30.7 Å². The van der Waals surface area contributed by atoms with E-state index in [-0.39, 0.29) is 18.0 Å². The van der Waals surface area contributed by atoms with Gasteiger partial charge in [0.15, 0.2) is 0 Å². The Labute approximate surface area is 137 Å². The summed E-state index contributed by atoms with van der Waals surface area (Å²) in [5, 5.41) is 11.9. The summed E-state index contributed by atoms with van der Waals surface area (Å²) < 4.78 is 0. The molecule has 0 bridgehead atoms. The quantitative estimate of drug-likeness (QED) is 0.847. The van der Waals surface area contributed by atoms with Crippen molar-refractivity contribution in [3.63, 3.8) is 0 Å². The van der Waals surface area contributed by atoms with Gasteiger partial charge in [-0.05, 0) is 37.8 Å². The van der Waals surface area contributed by atoms with Gasteiger partial charge >= 0.3 is 12.0 Å². The minimum atomic E-state index is -0.890. The Hall–Kier alpha value is -2.04. The fraction of sp³-hybridized carbons (Fsp3) is 0.556. The average molecular weight is 318 g/mol. The van der Waals surface area contributed by atoms with Crippen molar-refractivity contribution < 1.29 is 14.7 Å². The lowest BCUT2D eigenvalue weighted by Gasteiger charge is -2.23. The summed E-state index contributed by atoms with van der Waals surface area (Å²) in [6.07, 6.45) is 2.15. The Morgan fingerprint density at radius 1 is 1.35 bits per heavy atom. The smallest absolute Gasteiger partial charge is 0.317 e. The molecule has 5 nitrogen and oxygen atoms in total. The first-order chi connectivity index (χ1) is 10.7. The van der Waals surface area contributed by atoms with Crippen molar-refractivity contribution >= 4 is 12.0 Å². The van der Waals surface area contributed by atoms with Crippen LogP contribution in [0.3, 0.4) is 0 Å². The molecule has 1 aromatic rings. The number of aliphatic carboxylic acids is 1. The summed E-state index contributed by atoms with van der Waals surface area (Å²) in [5.41, 5.74) is 3.87. The molecule has 23 heavy (non-hydrogen) atoms. The van der Waals surface area contributed by atoms with Gasteiger partial charge in [0, 0.05) is 25.6 Å². The number of nitrogens with zero attached hydrogens (tertiary/aromatic N) is 1. The molecule has 2 rings (SSSR count). The highest BCUT2D eigenvalue weighted by Gasteiger charge is 2.45. The zero-order chi connectivity index (χ0) is 17.2. The van der Waals surface area contributed by atoms with Gasteiger partial charge in [-0.3, -0.25) is 4.79 Å². The molecule has 1 aliphatic carbocycles. The monoisotopic (exact) mass is 318 g/mol. The lowest BCUT2D eigenvalue weighted by atomic mass is 9.91. The molecule has 0 aliphatic heterocycles. The maximum Gasteiger partial charge on any atom is 0.317 e. The van der Waals surface area contributed by atoms with Crippen molar-refractivity contribution in [2.75, 3.05) is 20.1 Å². The molecule has 2 amide bonds. The highest BCUT2D eigenvalue weighted by Crippen LogP contribution is 2.48. The first-order valence-corrected chi connectivity index (χ1v) is 8.05.